The number of halogens is 1. The molecule has 1 aromatic heterocycles. The third kappa shape index (κ3) is 2.57. The summed E-state index contributed by atoms with van der Waals surface area (Å²) in [5.74, 6) is 0.870. The van der Waals surface area contributed by atoms with Crippen LogP contribution < -0.4 is 4.90 Å². The molecule has 1 aromatic rings. The van der Waals surface area contributed by atoms with Gasteiger partial charge in [-0.25, -0.2) is 4.39 Å². The largest absolute Gasteiger partial charge is 0.378 e. The van der Waals surface area contributed by atoms with Crippen molar-refractivity contribution < 1.29 is 13.7 Å². The predicted molar refractivity (Wildman–Crippen MR) is 60.9 cm³/mol. The van der Waals surface area contributed by atoms with Gasteiger partial charge in [0, 0.05) is 19.6 Å². The second kappa shape index (κ2) is 5.00. The zero-order valence-corrected chi connectivity index (χ0v) is 10.4. The van der Waals surface area contributed by atoms with Gasteiger partial charge in [-0.3, -0.25) is 0 Å². The molecule has 1 saturated heterocycles. The van der Waals surface area contributed by atoms with E-state index >= 15 is 0 Å². The Bertz CT molecular complexity index is 369. The van der Waals surface area contributed by atoms with Gasteiger partial charge in [0.15, 0.2) is 5.82 Å². The lowest BCUT2D eigenvalue weighted by atomic mass is 10.1. The molecule has 0 aliphatic carbocycles. The Morgan fingerprint density at radius 3 is 2.82 bits per heavy atom. The van der Waals surface area contributed by atoms with Gasteiger partial charge in [0.1, 0.15) is 6.17 Å². The molecule has 5 nitrogen and oxygen atoms in total. The molecule has 2 heterocycles. The second-order valence-corrected chi connectivity index (χ2v) is 4.61. The smallest absolute Gasteiger partial charge is 0.324 e. The molecule has 0 aromatic carbocycles. The molecular formula is C11H18FN3O2. The van der Waals surface area contributed by atoms with Crippen molar-refractivity contribution >= 4 is 6.01 Å². The minimum Gasteiger partial charge on any atom is -0.378 e. The molecule has 17 heavy (non-hydrogen) atoms. The van der Waals surface area contributed by atoms with Crippen LogP contribution in [-0.2, 0) is 4.74 Å². The number of methoxy groups -OCH3 is 1. The SMILES string of the molecule is COC1CCN(c2nc(C(C)C)no2)CC1F. The molecule has 6 heteroatoms. The maximum absolute atomic E-state index is 13.7. The number of ether oxygens (including phenoxy) is 1. The van der Waals surface area contributed by atoms with E-state index in [1.54, 1.807) is 4.90 Å². The van der Waals surface area contributed by atoms with E-state index in [2.05, 4.69) is 10.1 Å². The predicted octanol–water partition coefficient (Wildman–Crippen LogP) is 1.76. The van der Waals surface area contributed by atoms with Crippen LogP contribution in [0, 0.1) is 0 Å². The van der Waals surface area contributed by atoms with Gasteiger partial charge in [-0.05, 0) is 6.42 Å². The summed E-state index contributed by atoms with van der Waals surface area (Å²) in [6.07, 6.45) is -0.696. The number of piperidine rings is 1. The molecule has 1 fully saturated rings. The van der Waals surface area contributed by atoms with Crippen LogP contribution in [0.4, 0.5) is 10.4 Å². The summed E-state index contributed by atoms with van der Waals surface area (Å²) in [5.41, 5.74) is 0. The van der Waals surface area contributed by atoms with Gasteiger partial charge in [-0.15, -0.1) is 0 Å². The zero-order chi connectivity index (χ0) is 12.4. The van der Waals surface area contributed by atoms with Gasteiger partial charge in [0.25, 0.3) is 0 Å². The molecule has 1 aliphatic rings. The number of aromatic nitrogens is 2. The van der Waals surface area contributed by atoms with E-state index in [4.69, 9.17) is 9.26 Å². The van der Waals surface area contributed by atoms with Crippen LogP contribution in [0.2, 0.25) is 0 Å². The van der Waals surface area contributed by atoms with E-state index in [1.807, 2.05) is 13.8 Å². The van der Waals surface area contributed by atoms with E-state index in [-0.39, 0.29) is 18.6 Å². The van der Waals surface area contributed by atoms with Crippen molar-refractivity contribution in [1.82, 2.24) is 10.1 Å². The quantitative estimate of drug-likeness (QED) is 0.809. The first-order valence-electron chi connectivity index (χ1n) is 5.87. The molecule has 0 amide bonds. The average molecular weight is 243 g/mol. The number of anilines is 1. The minimum atomic E-state index is -1.01. The lowest BCUT2D eigenvalue weighted by molar-refractivity contribution is 0.0186. The first-order valence-corrected chi connectivity index (χ1v) is 5.87. The first kappa shape index (κ1) is 12.3. The van der Waals surface area contributed by atoms with E-state index in [0.717, 1.165) is 0 Å². The van der Waals surface area contributed by atoms with Crippen LogP contribution in [0.1, 0.15) is 32.0 Å². The summed E-state index contributed by atoms with van der Waals surface area (Å²) in [6.45, 7) is 4.91. The van der Waals surface area contributed by atoms with Crippen LogP contribution in [0.3, 0.4) is 0 Å². The summed E-state index contributed by atoms with van der Waals surface area (Å²) in [4.78, 5) is 6.04. The Labute approximate surface area is 99.9 Å². The van der Waals surface area contributed by atoms with Gasteiger partial charge < -0.3 is 14.2 Å². The number of hydrogen-bond acceptors (Lipinski definition) is 5. The maximum Gasteiger partial charge on any atom is 0.324 e. The van der Waals surface area contributed by atoms with Crippen molar-refractivity contribution in [3.8, 4) is 0 Å². The molecule has 0 spiro atoms. The Morgan fingerprint density at radius 2 is 2.29 bits per heavy atom. The molecular weight excluding hydrogens is 225 g/mol. The molecule has 2 unspecified atom stereocenters. The fourth-order valence-electron chi connectivity index (χ4n) is 1.91. The van der Waals surface area contributed by atoms with Gasteiger partial charge in [0.05, 0.1) is 12.6 Å². The molecule has 96 valence electrons. The highest BCUT2D eigenvalue weighted by Crippen LogP contribution is 2.23. The number of nitrogens with zero attached hydrogens (tertiary/aromatic N) is 3. The topological polar surface area (TPSA) is 51.4 Å². The number of alkyl halides is 1. The van der Waals surface area contributed by atoms with Crippen molar-refractivity contribution in [3.63, 3.8) is 0 Å². The molecule has 2 rings (SSSR count). The van der Waals surface area contributed by atoms with Crippen molar-refractivity contribution in [1.29, 1.82) is 0 Å². The Balaban J connectivity index is 2.03. The van der Waals surface area contributed by atoms with E-state index < -0.39 is 6.17 Å². The summed E-state index contributed by atoms with van der Waals surface area (Å²) < 4.78 is 23.9. The fraction of sp³-hybridized carbons (Fsp3) is 0.818. The highest BCUT2D eigenvalue weighted by molar-refractivity contribution is 5.27. The van der Waals surface area contributed by atoms with Crippen LogP contribution in [0.5, 0.6) is 0 Å². The molecule has 2 atom stereocenters. The normalized spacial score (nSPS) is 25.6. The van der Waals surface area contributed by atoms with E-state index in [9.17, 15) is 4.39 Å². The van der Waals surface area contributed by atoms with Crippen LogP contribution >= 0.6 is 0 Å². The van der Waals surface area contributed by atoms with Crippen LogP contribution in [-0.4, -0.2) is 42.6 Å². The minimum absolute atomic E-state index is 0.213. The third-order valence-corrected chi connectivity index (χ3v) is 3.00. The standard InChI is InChI=1S/C11H18FN3O2/c1-7(2)10-13-11(17-14-10)15-5-4-9(16-3)8(12)6-15/h7-9H,4-6H2,1-3H3. The highest BCUT2D eigenvalue weighted by Gasteiger charge is 2.31. The van der Waals surface area contributed by atoms with Crippen molar-refractivity contribution in [2.24, 2.45) is 0 Å². The summed E-state index contributed by atoms with van der Waals surface area (Å²) in [7, 11) is 1.54. The summed E-state index contributed by atoms with van der Waals surface area (Å²) >= 11 is 0. The lowest BCUT2D eigenvalue weighted by Gasteiger charge is -2.32. The number of rotatable bonds is 3. The second-order valence-electron chi connectivity index (χ2n) is 4.61. The van der Waals surface area contributed by atoms with Crippen LogP contribution in [0.25, 0.3) is 0 Å². The summed E-state index contributed by atoms with van der Waals surface area (Å²) in [6, 6.07) is 0.408. The maximum atomic E-state index is 13.7. The average Bonchev–Trinajstić information content (AvgIpc) is 2.78. The van der Waals surface area contributed by atoms with Gasteiger partial charge in [-0.2, -0.15) is 4.98 Å². The van der Waals surface area contributed by atoms with Crippen molar-refractivity contribution in [2.75, 3.05) is 25.1 Å². The van der Waals surface area contributed by atoms with E-state index in [1.165, 1.54) is 7.11 Å². The lowest BCUT2D eigenvalue weighted by Crippen LogP contribution is -2.45. The fourth-order valence-corrected chi connectivity index (χ4v) is 1.91. The van der Waals surface area contributed by atoms with Crippen molar-refractivity contribution in [3.05, 3.63) is 5.82 Å². The van der Waals surface area contributed by atoms with Gasteiger partial charge >= 0.3 is 6.01 Å². The Kier molecular flexibility index (Phi) is 3.61. The van der Waals surface area contributed by atoms with Crippen molar-refractivity contribution in [2.45, 2.75) is 38.5 Å². The molecule has 0 saturated carbocycles. The Morgan fingerprint density at radius 1 is 1.53 bits per heavy atom. The highest BCUT2D eigenvalue weighted by atomic mass is 19.1. The van der Waals surface area contributed by atoms with E-state index in [0.29, 0.717) is 24.8 Å². The Hall–Kier alpha value is -1.17. The van der Waals surface area contributed by atoms with Gasteiger partial charge in [-0.1, -0.05) is 19.0 Å². The number of hydrogen-bond donors (Lipinski definition) is 0. The molecule has 0 bridgehead atoms. The molecule has 1 aliphatic heterocycles. The van der Waals surface area contributed by atoms with Gasteiger partial charge in [0.2, 0.25) is 0 Å². The molecule has 0 radical (unpaired) electrons. The molecule has 0 N–H and O–H groups in total. The monoisotopic (exact) mass is 243 g/mol. The zero-order valence-electron chi connectivity index (χ0n) is 10.4. The first-order chi connectivity index (χ1) is 8.11. The third-order valence-electron chi connectivity index (χ3n) is 3.00. The van der Waals surface area contributed by atoms with Crippen LogP contribution in [0.15, 0.2) is 4.52 Å². The summed E-state index contributed by atoms with van der Waals surface area (Å²) in [5, 5.41) is 3.87.